The van der Waals surface area contributed by atoms with Gasteiger partial charge in [-0.3, -0.25) is 9.97 Å². The Morgan fingerprint density at radius 3 is 2.80 bits per heavy atom. The van der Waals surface area contributed by atoms with E-state index in [-0.39, 0.29) is 0 Å². The first-order valence-corrected chi connectivity index (χ1v) is 9.89. The molecule has 0 fully saturated rings. The molecule has 0 bridgehead atoms. The molecule has 0 aliphatic carbocycles. The molecule has 0 saturated carbocycles. The van der Waals surface area contributed by atoms with E-state index in [1.807, 2.05) is 11.3 Å². The van der Waals surface area contributed by atoms with Gasteiger partial charge in [-0.05, 0) is 37.8 Å². The molecule has 4 aromatic heterocycles. The smallest absolute Gasteiger partial charge is 0.144 e. The van der Waals surface area contributed by atoms with Crippen LogP contribution in [0.1, 0.15) is 16.3 Å². The zero-order valence-corrected chi connectivity index (χ0v) is 15.8. The molecule has 4 heterocycles. The first-order valence-electron chi connectivity index (χ1n) is 8.14. The average molecular weight is 367 g/mol. The quantitative estimate of drug-likeness (QED) is 0.500. The Morgan fingerprint density at radius 1 is 1.12 bits per heavy atom. The van der Waals surface area contributed by atoms with Crippen molar-refractivity contribution in [1.82, 2.24) is 19.5 Å². The van der Waals surface area contributed by atoms with Crippen molar-refractivity contribution in [2.24, 2.45) is 0 Å². The number of rotatable bonds is 5. The van der Waals surface area contributed by atoms with Crippen molar-refractivity contribution in [3.05, 3.63) is 63.8 Å². The van der Waals surface area contributed by atoms with Crippen LogP contribution in [-0.2, 0) is 13.0 Å². The summed E-state index contributed by atoms with van der Waals surface area (Å²) in [5.41, 5.74) is 5.59. The van der Waals surface area contributed by atoms with Crippen LogP contribution in [0.3, 0.4) is 0 Å². The van der Waals surface area contributed by atoms with Gasteiger partial charge in [0.05, 0.1) is 11.9 Å². The number of aryl methyl sites for hydroxylation is 2. The van der Waals surface area contributed by atoms with Gasteiger partial charge in [-0.1, -0.05) is 6.07 Å². The summed E-state index contributed by atoms with van der Waals surface area (Å²) in [6.07, 6.45) is 6.20. The lowest BCUT2D eigenvalue weighted by Crippen LogP contribution is -2.04. The molecule has 0 N–H and O–H groups in total. The monoisotopic (exact) mass is 366 g/mol. The molecule has 6 heteroatoms. The molecule has 4 rings (SSSR count). The number of nitrogens with zero attached hydrogens (tertiary/aromatic N) is 4. The van der Waals surface area contributed by atoms with Crippen LogP contribution >= 0.6 is 22.7 Å². The van der Waals surface area contributed by atoms with Gasteiger partial charge in [0.25, 0.3) is 0 Å². The van der Waals surface area contributed by atoms with Crippen LogP contribution in [0.15, 0.2) is 47.5 Å². The minimum atomic E-state index is 0.824. The van der Waals surface area contributed by atoms with Gasteiger partial charge in [0, 0.05) is 46.1 Å². The van der Waals surface area contributed by atoms with Crippen molar-refractivity contribution in [3.8, 4) is 22.0 Å². The lowest BCUT2D eigenvalue weighted by molar-refractivity contribution is 0.669. The second kappa shape index (κ2) is 6.90. The Bertz CT molecular complexity index is 968. The van der Waals surface area contributed by atoms with Crippen molar-refractivity contribution in [2.45, 2.75) is 26.8 Å². The van der Waals surface area contributed by atoms with Crippen LogP contribution in [0.25, 0.3) is 22.0 Å². The highest BCUT2D eigenvalue weighted by atomic mass is 32.1. The SMILES string of the molecule is Cc1cc(-c2csc(-c3cnccn3)n2)c(C)n1CCc1cccs1. The Hall–Kier alpha value is -2.31. The molecule has 4 aromatic rings. The van der Waals surface area contributed by atoms with Gasteiger partial charge in [0.2, 0.25) is 0 Å². The summed E-state index contributed by atoms with van der Waals surface area (Å²) in [6.45, 7) is 5.35. The van der Waals surface area contributed by atoms with Crippen molar-refractivity contribution in [3.63, 3.8) is 0 Å². The number of thiazole rings is 1. The zero-order chi connectivity index (χ0) is 17.2. The Labute approximate surface area is 154 Å². The van der Waals surface area contributed by atoms with Crippen LogP contribution in [0.2, 0.25) is 0 Å². The molecule has 0 aliphatic heterocycles. The average Bonchev–Trinajstić information content (AvgIpc) is 3.36. The maximum absolute atomic E-state index is 4.78. The lowest BCUT2D eigenvalue weighted by atomic mass is 10.2. The van der Waals surface area contributed by atoms with Gasteiger partial charge >= 0.3 is 0 Å². The maximum Gasteiger partial charge on any atom is 0.144 e. The summed E-state index contributed by atoms with van der Waals surface area (Å²) in [5, 5.41) is 5.15. The molecule has 0 atom stereocenters. The molecule has 4 nitrogen and oxygen atoms in total. The minimum Gasteiger partial charge on any atom is -0.348 e. The highest BCUT2D eigenvalue weighted by Crippen LogP contribution is 2.31. The highest BCUT2D eigenvalue weighted by Gasteiger charge is 2.14. The second-order valence-electron chi connectivity index (χ2n) is 5.89. The molecule has 0 saturated heterocycles. The van der Waals surface area contributed by atoms with E-state index < -0.39 is 0 Å². The van der Waals surface area contributed by atoms with Gasteiger partial charge in [-0.25, -0.2) is 4.98 Å². The standard InChI is InChI=1S/C19H18N4S2/c1-13-10-16(14(2)23(13)8-5-15-4-3-9-24-15)18-12-25-19(22-18)17-11-20-6-7-21-17/h3-4,6-7,9-12H,5,8H2,1-2H3. The molecule has 126 valence electrons. The fourth-order valence-corrected chi connectivity index (χ4v) is 4.48. The number of aromatic nitrogens is 4. The van der Waals surface area contributed by atoms with Crippen molar-refractivity contribution in [2.75, 3.05) is 0 Å². The second-order valence-corrected chi connectivity index (χ2v) is 7.78. The fourth-order valence-electron chi connectivity index (χ4n) is 3.01. The van der Waals surface area contributed by atoms with Gasteiger partial charge in [0.15, 0.2) is 0 Å². The molecule has 0 aliphatic rings. The van der Waals surface area contributed by atoms with E-state index in [1.54, 1.807) is 29.9 Å². The molecule has 0 spiro atoms. The summed E-state index contributed by atoms with van der Waals surface area (Å²) in [6, 6.07) is 6.55. The van der Waals surface area contributed by atoms with E-state index in [0.717, 1.165) is 29.4 Å². The predicted octanol–water partition coefficient (Wildman–Crippen LogP) is 4.99. The highest BCUT2D eigenvalue weighted by molar-refractivity contribution is 7.13. The van der Waals surface area contributed by atoms with Crippen molar-refractivity contribution >= 4 is 22.7 Å². The molecular formula is C19H18N4S2. The minimum absolute atomic E-state index is 0.824. The summed E-state index contributed by atoms with van der Waals surface area (Å²) >= 11 is 3.43. The van der Waals surface area contributed by atoms with E-state index in [4.69, 9.17) is 4.98 Å². The third kappa shape index (κ3) is 3.27. The molecule has 0 amide bonds. The van der Waals surface area contributed by atoms with Crippen LogP contribution < -0.4 is 0 Å². The number of hydrogen-bond acceptors (Lipinski definition) is 5. The maximum atomic E-state index is 4.78. The Balaban J connectivity index is 1.61. The fraction of sp³-hybridized carbons (Fsp3) is 0.211. The number of thiophene rings is 1. The molecule has 0 radical (unpaired) electrons. The normalized spacial score (nSPS) is 11.1. The summed E-state index contributed by atoms with van der Waals surface area (Å²) < 4.78 is 2.39. The first kappa shape index (κ1) is 16.2. The van der Waals surface area contributed by atoms with Gasteiger partial charge in [-0.15, -0.1) is 22.7 Å². The Kier molecular flexibility index (Phi) is 4.46. The Morgan fingerprint density at radius 2 is 2.04 bits per heavy atom. The zero-order valence-electron chi connectivity index (χ0n) is 14.1. The van der Waals surface area contributed by atoms with E-state index in [1.165, 1.54) is 21.8 Å². The van der Waals surface area contributed by atoms with Crippen LogP contribution in [0, 0.1) is 13.8 Å². The van der Waals surface area contributed by atoms with Gasteiger partial charge < -0.3 is 4.57 Å². The molecular weight excluding hydrogens is 348 g/mol. The predicted molar refractivity (Wildman–Crippen MR) is 104 cm³/mol. The first-order chi connectivity index (χ1) is 12.2. The topological polar surface area (TPSA) is 43.6 Å². The molecule has 25 heavy (non-hydrogen) atoms. The van der Waals surface area contributed by atoms with E-state index in [0.29, 0.717) is 0 Å². The summed E-state index contributed by atoms with van der Waals surface area (Å²) in [4.78, 5) is 14.7. The van der Waals surface area contributed by atoms with Crippen LogP contribution in [0.4, 0.5) is 0 Å². The van der Waals surface area contributed by atoms with Gasteiger partial charge in [-0.2, -0.15) is 0 Å². The largest absolute Gasteiger partial charge is 0.348 e. The molecule has 0 aromatic carbocycles. The van der Waals surface area contributed by atoms with E-state index >= 15 is 0 Å². The van der Waals surface area contributed by atoms with E-state index in [2.05, 4.69) is 57.3 Å². The van der Waals surface area contributed by atoms with Crippen molar-refractivity contribution < 1.29 is 0 Å². The third-order valence-electron chi connectivity index (χ3n) is 4.30. The van der Waals surface area contributed by atoms with Crippen LogP contribution in [-0.4, -0.2) is 19.5 Å². The summed E-state index contributed by atoms with van der Waals surface area (Å²) in [5.74, 6) is 0. The van der Waals surface area contributed by atoms with Gasteiger partial charge in [0.1, 0.15) is 10.7 Å². The number of hydrogen-bond donors (Lipinski definition) is 0. The molecule has 0 unspecified atom stereocenters. The van der Waals surface area contributed by atoms with Crippen molar-refractivity contribution in [1.29, 1.82) is 0 Å². The van der Waals surface area contributed by atoms with Crippen LogP contribution in [0.5, 0.6) is 0 Å². The van der Waals surface area contributed by atoms with E-state index in [9.17, 15) is 0 Å². The summed E-state index contributed by atoms with van der Waals surface area (Å²) in [7, 11) is 0. The lowest BCUT2D eigenvalue weighted by Gasteiger charge is -2.08. The third-order valence-corrected chi connectivity index (χ3v) is 6.10.